The molecular weight excluding hydrogens is 666 g/mol. The van der Waals surface area contributed by atoms with Crippen LogP contribution in [0.1, 0.15) is 110 Å². The minimum Gasteiger partial charge on any atom is -0.427 e. The number of imide groups is 1. The van der Waals surface area contributed by atoms with Crippen LogP contribution in [-0.2, 0) is 28.7 Å². The van der Waals surface area contributed by atoms with Gasteiger partial charge in [-0.1, -0.05) is 57.9 Å². The zero-order valence-corrected chi connectivity index (χ0v) is 31.1. The molecule has 53 heavy (non-hydrogen) atoms. The molecule has 4 heterocycles. The number of dihydropyridines is 1. The standard InChI is InChI=1S/C44H53N3O6/c1-2-43(19-6-7-20-43)24-32-30-14-13-29-28-17-21-44(39(29)38(30)41(50)52-32)33(12-8-11-26-9-4-3-5-10-26)53-42(51)40(44)37(28)31(27-18-22-46-34(45)23-27)25-47-35(48)15-16-36(47)49/h12,15-16,18,23-24,26,28-29,31,39,46H,2-11,13-14,17,19-22,25,45H2,1H3. The predicted molar refractivity (Wildman–Crippen MR) is 198 cm³/mol. The first kappa shape index (κ1) is 34.6. The molecule has 1 spiro atoms. The van der Waals surface area contributed by atoms with E-state index in [1.807, 2.05) is 6.08 Å². The van der Waals surface area contributed by atoms with Gasteiger partial charge < -0.3 is 20.5 Å². The largest absolute Gasteiger partial charge is 0.427 e. The van der Waals surface area contributed by atoms with E-state index in [9.17, 15) is 19.2 Å². The highest BCUT2D eigenvalue weighted by atomic mass is 16.5. The molecule has 2 bridgehead atoms. The Morgan fingerprint density at radius 1 is 0.962 bits per heavy atom. The number of carbonyl (C=O) groups is 4. The Morgan fingerprint density at radius 3 is 2.47 bits per heavy atom. The fourth-order valence-electron chi connectivity index (χ4n) is 12.2. The number of allylic oxidation sites excluding steroid dienone is 5. The summed E-state index contributed by atoms with van der Waals surface area (Å²) in [6.07, 6.45) is 28.0. The van der Waals surface area contributed by atoms with Gasteiger partial charge in [-0.25, -0.2) is 9.59 Å². The molecule has 2 amide bonds. The summed E-state index contributed by atoms with van der Waals surface area (Å²) in [5.41, 5.74) is 9.86. The van der Waals surface area contributed by atoms with Gasteiger partial charge >= 0.3 is 11.9 Å². The number of hydrogen-bond acceptors (Lipinski definition) is 8. The minimum absolute atomic E-state index is 0.0334. The molecule has 5 atom stereocenters. The van der Waals surface area contributed by atoms with E-state index in [0.717, 1.165) is 79.4 Å². The summed E-state index contributed by atoms with van der Waals surface area (Å²) >= 11 is 0. The van der Waals surface area contributed by atoms with Crippen LogP contribution in [0.15, 0.2) is 81.7 Å². The van der Waals surface area contributed by atoms with E-state index in [-0.39, 0.29) is 53.5 Å². The van der Waals surface area contributed by atoms with Crippen molar-refractivity contribution in [3.8, 4) is 0 Å². The summed E-state index contributed by atoms with van der Waals surface area (Å²) in [6, 6.07) is 0. The number of nitrogens with zero attached hydrogens (tertiary/aromatic N) is 1. The van der Waals surface area contributed by atoms with Crippen molar-refractivity contribution in [1.29, 1.82) is 0 Å². The third kappa shape index (κ3) is 5.53. The molecule has 3 N–H and O–H groups in total. The molecule has 4 fully saturated rings. The van der Waals surface area contributed by atoms with Crippen molar-refractivity contribution in [3.63, 3.8) is 0 Å². The van der Waals surface area contributed by atoms with E-state index in [1.165, 1.54) is 62.0 Å². The fraction of sp³-hybridized carbons (Fsp3) is 0.591. The first-order valence-electron chi connectivity index (χ1n) is 20.5. The lowest BCUT2D eigenvalue weighted by Crippen LogP contribution is -2.54. The van der Waals surface area contributed by atoms with Gasteiger partial charge in [0.2, 0.25) is 0 Å². The summed E-state index contributed by atoms with van der Waals surface area (Å²) < 4.78 is 12.7. The second kappa shape index (κ2) is 13.3. The van der Waals surface area contributed by atoms with Gasteiger partial charge in [0, 0.05) is 48.2 Å². The number of hydrogen-bond donors (Lipinski definition) is 2. The van der Waals surface area contributed by atoms with E-state index in [4.69, 9.17) is 15.2 Å². The number of fused-ring (bicyclic) bond motifs is 1. The lowest BCUT2D eigenvalue weighted by molar-refractivity contribution is -0.138. The topological polar surface area (TPSA) is 128 Å². The van der Waals surface area contributed by atoms with Crippen molar-refractivity contribution in [2.75, 3.05) is 13.1 Å². The fourth-order valence-corrected chi connectivity index (χ4v) is 12.2. The van der Waals surface area contributed by atoms with Crippen LogP contribution >= 0.6 is 0 Å². The molecular formula is C44H53N3O6. The Balaban J connectivity index is 1.20. The molecule has 0 radical (unpaired) electrons. The summed E-state index contributed by atoms with van der Waals surface area (Å²) in [6.45, 7) is 2.86. The van der Waals surface area contributed by atoms with E-state index >= 15 is 0 Å². The molecule has 4 aliphatic heterocycles. The molecule has 9 heteroatoms. The monoisotopic (exact) mass is 719 g/mol. The van der Waals surface area contributed by atoms with E-state index in [1.54, 1.807) is 0 Å². The van der Waals surface area contributed by atoms with Crippen molar-refractivity contribution in [2.24, 2.45) is 46.2 Å². The maximum atomic E-state index is 14.6. The predicted octanol–water partition coefficient (Wildman–Crippen LogP) is 7.10. The second-order valence-corrected chi connectivity index (χ2v) is 17.2. The number of rotatable bonds is 9. The van der Waals surface area contributed by atoms with Crippen molar-refractivity contribution in [1.82, 2.24) is 10.2 Å². The number of esters is 2. The lowest BCUT2D eigenvalue weighted by Gasteiger charge is -2.57. The van der Waals surface area contributed by atoms with Crippen LogP contribution in [0.25, 0.3) is 0 Å². The highest BCUT2D eigenvalue weighted by Gasteiger charge is 2.69. The van der Waals surface area contributed by atoms with Gasteiger partial charge in [-0.15, -0.1) is 0 Å². The summed E-state index contributed by atoms with van der Waals surface area (Å²) in [7, 11) is 0. The SMILES string of the molecule is CCC1(C=C2OC(=O)C3=C2CCC2C4CCC5(C(=CCCC6CCCCC6)OC(=O)C5=C4C(CN4C(=O)C=CC4=O)C4=CCNC(N)=C4)C32)CCCC1. The van der Waals surface area contributed by atoms with Crippen molar-refractivity contribution >= 4 is 23.8 Å². The van der Waals surface area contributed by atoms with Gasteiger partial charge in [-0.2, -0.15) is 0 Å². The Labute approximate surface area is 312 Å². The van der Waals surface area contributed by atoms with Crippen molar-refractivity contribution in [2.45, 2.75) is 110 Å². The Morgan fingerprint density at radius 2 is 1.74 bits per heavy atom. The van der Waals surface area contributed by atoms with Crippen LogP contribution in [0.5, 0.6) is 0 Å². The molecule has 0 aromatic carbocycles. The quantitative estimate of drug-likeness (QED) is 0.191. The van der Waals surface area contributed by atoms with Crippen LogP contribution in [0.2, 0.25) is 0 Å². The van der Waals surface area contributed by atoms with Crippen LogP contribution in [-0.4, -0.2) is 41.7 Å². The molecule has 5 unspecified atom stereocenters. The molecule has 0 aromatic heterocycles. The number of amides is 2. The number of ether oxygens (including phenoxy) is 2. The van der Waals surface area contributed by atoms with Crippen molar-refractivity contribution < 1.29 is 28.7 Å². The highest BCUT2D eigenvalue weighted by molar-refractivity contribution is 6.13. The average molecular weight is 720 g/mol. The molecule has 10 rings (SSSR count). The normalized spacial score (nSPS) is 34.0. The lowest BCUT2D eigenvalue weighted by atomic mass is 9.43. The first-order chi connectivity index (χ1) is 25.7. The minimum atomic E-state index is -0.818. The molecule has 6 aliphatic carbocycles. The highest BCUT2D eigenvalue weighted by Crippen LogP contribution is 2.71. The van der Waals surface area contributed by atoms with E-state index in [2.05, 4.69) is 30.5 Å². The average Bonchev–Trinajstić information content (AvgIpc) is 3.92. The third-order valence-electron chi connectivity index (χ3n) is 14.8. The summed E-state index contributed by atoms with van der Waals surface area (Å²) in [5, 5.41) is 3.16. The molecule has 3 saturated carbocycles. The first-order valence-corrected chi connectivity index (χ1v) is 20.5. The van der Waals surface area contributed by atoms with Crippen LogP contribution < -0.4 is 11.1 Å². The molecule has 280 valence electrons. The molecule has 9 nitrogen and oxygen atoms in total. The number of nitrogens with two attached hydrogens (primary N) is 1. The number of nitrogens with one attached hydrogen (secondary N) is 1. The Hall–Kier alpha value is -4.14. The number of cyclic esters (lactones) is 2. The Kier molecular flexibility index (Phi) is 8.69. The van der Waals surface area contributed by atoms with Crippen LogP contribution in [0, 0.1) is 40.4 Å². The van der Waals surface area contributed by atoms with Gasteiger partial charge in [0.05, 0.1) is 16.8 Å². The zero-order chi connectivity index (χ0) is 36.5. The van der Waals surface area contributed by atoms with E-state index < -0.39 is 11.3 Å². The summed E-state index contributed by atoms with van der Waals surface area (Å²) in [5.74, 6) is 0.674. The molecule has 1 saturated heterocycles. The van der Waals surface area contributed by atoms with E-state index in [0.29, 0.717) is 36.0 Å². The van der Waals surface area contributed by atoms with Gasteiger partial charge in [0.1, 0.15) is 11.5 Å². The summed E-state index contributed by atoms with van der Waals surface area (Å²) in [4.78, 5) is 56.3. The zero-order valence-electron chi connectivity index (χ0n) is 31.1. The van der Waals surface area contributed by atoms with Crippen molar-refractivity contribution in [3.05, 3.63) is 81.7 Å². The van der Waals surface area contributed by atoms with Gasteiger partial charge in [0.25, 0.3) is 11.8 Å². The maximum Gasteiger partial charge on any atom is 0.340 e. The van der Waals surface area contributed by atoms with Gasteiger partial charge in [-0.3, -0.25) is 14.5 Å². The van der Waals surface area contributed by atoms with Crippen LogP contribution in [0.4, 0.5) is 0 Å². The van der Waals surface area contributed by atoms with Gasteiger partial charge in [0.15, 0.2) is 0 Å². The van der Waals surface area contributed by atoms with Gasteiger partial charge in [-0.05, 0) is 110 Å². The van der Waals surface area contributed by atoms with Crippen LogP contribution in [0.3, 0.4) is 0 Å². The second-order valence-electron chi connectivity index (χ2n) is 17.2. The smallest absolute Gasteiger partial charge is 0.340 e. The third-order valence-corrected chi connectivity index (χ3v) is 14.8. The maximum absolute atomic E-state index is 14.6. The number of carbonyl (C=O) groups excluding carboxylic acids is 4. The molecule has 10 aliphatic rings. The molecule has 0 aromatic rings. The Bertz CT molecular complexity index is 1840.